The van der Waals surface area contributed by atoms with Crippen LogP contribution < -0.4 is 5.69 Å². The molecule has 0 N–H and O–H groups in total. The quantitative estimate of drug-likeness (QED) is 0.632. The molecular formula is C11H6ClF3N4O3S2. The molecule has 7 nitrogen and oxygen atoms in total. The summed E-state index contributed by atoms with van der Waals surface area (Å²) in [5, 5.41) is 5.74. The molecule has 2 aromatic heterocycles. The highest BCUT2D eigenvalue weighted by Gasteiger charge is 2.23. The lowest BCUT2D eigenvalue weighted by Gasteiger charge is -2.02. The van der Waals surface area contributed by atoms with Crippen molar-refractivity contribution in [3.8, 4) is 5.13 Å². The van der Waals surface area contributed by atoms with Gasteiger partial charge in [0.1, 0.15) is 4.90 Å². The molecule has 24 heavy (non-hydrogen) atoms. The molecule has 3 rings (SSSR count). The summed E-state index contributed by atoms with van der Waals surface area (Å²) in [4.78, 5) is 11.6. The van der Waals surface area contributed by atoms with Crippen LogP contribution >= 0.6 is 22.9 Å². The van der Waals surface area contributed by atoms with Crippen LogP contribution in [0.15, 0.2) is 21.8 Å². The first-order chi connectivity index (χ1) is 11.1. The topological polar surface area (TPSA) is 86.8 Å². The predicted octanol–water partition coefficient (Wildman–Crippen LogP) is 2.43. The number of aryl methyl sites for hydroxylation is 1. The van der Waals surface area contributed by atoms with E-state index in [1.807, 2.05) is 0 Å². The van der Waals surface area contributed by atoms with E-state index >= 15 is 0 Å². The number of aromatic nitrogens is 4. The first-order valence-corrected chi connectivity index (χ1v) is 8.66. The maximum atomic E-state index is 13.3. The van der Waals surface area contributed by atoms with Gasteiger partial charge in [0.15, 0.2) is 5.01 Å². The van der Waals surface area contributed by atoms with E-state index in [0.717, 1.165) is 21.3 Å². The minimum absolute atomic E-state index is 0.0943. The molecule has 3 aromatic rings. The Labute approximate surface area is 141 Å². The van der Waals surface area contributed by atoms with Crippen LogP contribution in [0.5, 0.6) is 0 Å². The number of benzene rings is 1. The van der Waals surface area contributed by atoms with Crippen molar-refractivity contribution in [2.24, 2.45) is 7.05 Å². The van der Waals surface area contributed by atoms with E-state index in [-0.39, 0.29) is 21.2 Å². The van der Waals surface area contributed by atoms with Crippen molar-refractivity contribution in [1.82, 2.24) is 19.3 Å². The highest BCUT2D eigenvalue weighted by atomic mass is 35.5. The molecule has 0 amide bonds. The molecule has 0 aliphatic heterocycles. The summed E-state index contributed by atoms with van der Waals surface area (Å²) in [5.41, 5.74) is -0.719. The highest BCUT2D eigenvalue weighted by molar-refractivity contribution is 7.86. The number of alkyl halides is 2. The lowest BCUT2D eigenvalue weighted by atomic mass is 10.3. The van der Waals surface area contributed by atoms with E-state index in [1.165, 1.54) is 7.05 Å². The largest absolute Gasteiger partial charge is 0.335 e. The van der Waals surface area contributed by atoms with Gasteiger partial charge in [-0.15, -0.1) is 14.1 Å². The van der Waals surface area contributed by atoms with Crippen LogP contribution in [0.1, 0.15) is 11.4 Å². The van der Waals surface area contributed by atoms with Crippen molar-refractivity contribution in [3.63, 3.8) is 0 Å². The number of imidazole rings is 1. The van der Waals surface area contributed by atoms with E-state index in [4.69, 9.17) is 11.6 Å². The minimum atomic E-state index is -5.09. The molecule has 0 atom stereocenters. The molecule has 0 fully saturated rings. The maximum absolute atomic E-state index is 13.3. The molecule has 0 saturated heterocycles. The van der Waals surface area contributed by atoms with Crippen LogP contribution in [-0.4, -0.2) is 27.7 Å². The number of halogens is 4. The van der Waals surface area contributed by atoms with Crippen molar-refractivity contribution < 1.29 is 21.1 Å². The Morgan fingerprint density at radius 2 is 1.96 bits per heavy atom. The number of nitrogens with zero attached hydrogens (tertiary/aromatic N) is 4. The summed E-state index contributed by atoms with van der Waals surface area (Å²) in [5.74, 6) is 0. The second-order valence-electron chi connectivity index (χ2n) is 4.61. The molecule has 0 radical (unpaired) electrons. The fourth-order valence-electron chi connectivity index (χ4n) is 2.14. The summed E-state index contributed by atoms with van der Waals surface area (Å²) in [6.45, 7) is 0. The lowest BCUT2D eigenvalue weighted by Crippen LogP contribution is -2.20. The van der Waals surface area contributed by atoms with Crippen LogP contribution in [0.3, 0.4) is 0 Å². The molecule has 0 bridgehead atoms. The number of hydrogen-bond donors (Lipinski definition) is 0. The number of hydrogen-bond acceptors (Lipinski definition) is 6. The van der Waals surface area contributed by atoms with Crippen molar-refractivity contribution >= 4 is 44.2 Å². The van der Waals surface area contributed by atoms with E-state index in [9.17, 15) is 25.9 Å². The van der Waals surface area contributed by atoms with Crippen molar-refractivity contribution in [1.29, 1.82) is 0 Å². The van der Waals surface area contributed by atoms with Gasteiger partial charge in [0.05, 0.1) is 16.1 Å². The molecule has 13 heteroatoms. The van der Waals surface area contributed by atoms with E-state index in [0.29, 0.717) is 11.3 Å². The molecule has 128 valence electrons. The second kappa shape index (κ2) is 5.57. The Balaban J connectivity index is 2.41. The Morgan fingerprint density at radius 3 is 2.50 bits per heavy atom. The maximum Gasteiger partial charge on any atom is 0.335 e. The van der Waals surface area contributed by atoms with Gasteiger partial charge in [-0.1, -0.05) is 22.9 Å². The first kappa shape index (κ1) is 16.9. The Morgan fingerprint density at radius 1 is 1.29 bits per heavy atom. The van der Waals surface area contributed by atoms with Gasteiger partial charge >= 0.3 is 15.9 Å². The molecule has 0 spiro atoms. The van der Waals surface area contributed by atoms with Crippen LogP contribution in [0.4, 0.5) is 12.7 Å². The normalized spacial score (nSPS) is 12.4. The third kappa shape index (κ3) is 2.59. The number of rotatable bonds is 3. The summed E-state index contributed by atoms with van der Waals surface area (Å²) in [6, 6.07) is 1.73. The van der Waals surface area contributed by atoms with Gasteiger partial charge < -0.3 is 0 Å². The summed E-state index contributed by atoms with van der Waals surface area (Å²) in [6.07, 6.45) is -2.88. The fraction of sp³-hybridized carbons (Fsp3) is 0.182. The molecule has 0 aliphatic carbocycles. The van der Waals surface area contributed by atoms with Crippen molar-refractivity contribution in [2.75, 3.05) is 0 Å². The summed E-state index contributed by atoms with van der Waals surface area (Å²) >= 11 is 6.39. The Hall–Kier alpha value is -1.92. The monoisotopic (exact) mass is 398 g/mol. The van der Waals surface area contributed by atoms with Crippen LogP contribution in [-0.2, 0) is 17.3 Å². The van der Waals surface area contributed by atoms with Gasteiger partial charge in [0, 0.05) is 7.05 Å². The smallest absolute Gasteiger partial charge is 0.293 e. The van der Waals surface area contributed by atoms with Crippen LogP contribution in [0.25, 0.3) is 16.2 Å². The van der Waals surface area contributed by atoms with E-state index < -0.39 is 32.2 Å². The average molecular weight is 399 g/mol. The lowest BCUT2D eigenvalue weighted by molar-refractivity contribution is 0.150. The highest BCUT2D eigenvalue weighted by Crippen LogP contribution is 2.31. The third-order valence-corrected chi connectivity index (χ3v) is 5.16. The Bertz CT molecular complexity index is 1120. The zero-order chi connectivity index (χ0) is 17.8. The fourth-order valence-corrected chi connectivity index (χ4v) is 3.77. The van der Waals surface area contributed by atoms with Gasteiger partial charge in [0.2, 0.25) is 5.13 Å². The predicted molar refractivity (Wildman–Crippen MR) is 80.2 cm³/mol. The molecule has 0 saturated carbocycles. The minimum Gasteiger partial charge on any atom is -0.293 e. The third-order valence-electron chi connectivity index (χ3n) is 3.16. The van der Waals surface area contributed by atoms with Crippen molar-refractivity contribution in [2.45, 2.75) is 11.3 Å². The zero-order valence-electron chi connectivity index (χ0n) is 11.6. The van der Waals surface area contributed by atoms with Crippen molar-refractivity contribution in [3.05, 3.63) is 32.6 Å². The SMILES string of the molecule is Cn1c(=O)n(-c2nnc(C(F)F)s2)c2cc(S(=O)(=O)F)cc(Cl)c21. The van der Waals surface area contributed by atoms with E-state index in [2.05, 4.69) is 10.2 Å². The van der Waals surface area contributed by atoms with Gasteiger partial charge in [-0.25, -0.2) is 18.1 Å². The zero-order valence-corrected chi connectivity index (χ0v) is 14.0. The summed E-state index contributed by atoms with van der Waals surface area (Å²) in [7, 11) is -3.75. The number of fused-ring (bicyclic) bond motifs is 1. The average Bonchev–Trinajstić information content (AvgIpc) is 3.03. The molecular weight excluding hydrogens is 393 g/mol. The molecule has 1 aromatic carbocycles. The summed E-state index contributed by atoms with van der Waals surface area (Å²) < 4.78 is 62.8. The first-order valence-electron chi connectivity index (χ1n) is 6.09. The second-order valence-corrected chi connectivity index (χ2v) is 7.35. The van der Waals surface area contributed by atoms with Crippen LogP contribution in [0, 0.1) is 0 Å². The van der Waals surface area contributed by atoms with Gasteiger partial charge in [-0.05, 0) is 12.1 Å². The molecule has 2 heterocycles. The molecule has 0 unspecified atom stereocenters. The van der Waals surface area contributed by atoms with Crippen LogP contribution in [0.2, 0.25) is 5.02 Å². The van der Waals surface area contributed by atoms with Gasteiger partial charge in [-0.2, -0.15) is 8.42 Å². The standard InChI is InChI=1S/C11H6ClF3N4O3S2/c1-18-7-5(12)2-4(24(15,21)22)3-6(7)19(11(18)20)10-17-16-9(23-10)8(13)14/h2-3,8H,1H3. The molecule has 0 aliphatic rings. The van der Waals surface area contributed by atoms with Gasteiger partial charge in [0.25, 0.3) is 6.43 Å². The van der Waals surface area contributed by atoms with E-state index in [1.54, 1.807) is 0 Å². The van der Waals surface area contributed by atoms with Gasteiger partial charge in [-0.3, -0.25) is 4.57 Å². The Kier molecular flexibility index (Phi) is 3.92.